The van der Waals surface area contributed by atoms with Gasteiger partial charge in [-0.15, -0.1) is 0 Å². The lowest BCUT2D eigenvalue weighted by atomic mass is 10.1. The van der Waals surface area contributed by atoms with E-state index in [1.54, 1.807) is 0 Å². The van der Waals surface area contributed by atoms with Crippen LogP contribution in [0.2, 0.25) is 5.02 Å². The summed E-state index contributed by atoms with van der Waals surface area (Å²) >= 11 is 5.89. The summed E-state index contributed by atoms with van der Waals surface area (Å²) in [7, 11) is 0. The number of hydrogen-bond donors (Lipinski definition) is 2. The Labute approximate surface area is 136 Å². The molecule has 2 N–H and O–H groups in total. The monoisotopic (exact) mass is 319 g/mol. The molecule has 1 unspecified atom stereocenters. The van der Waals surface area contributed by atoms with Crippen molar-refractivity contribution < 1.29 is 9.84 Å². The smallest absolute Gasteiger partial charge is 0.120 e. The van der Waals surface area contributed by atoms with Crippen LogP contribution in [0.25, 0.3) is 0 Å². The first-order valence-electron chi connectivity index (χ1n) is 7.44. The Morgan fingerprint density at radius 3 is 2.50 bits per heavy atom. The number of ether oxygens (including phenoxy) is 1. The maximum absolute atomic E-state index is 9.58. The molecule has 0 bridgehead atoms. The summed E-state index contributed by atoms with van der Waals surface area (Å²) in [5.74, 6) is 0.862. The molecule has 0 heterocycles. The molecule has 0 aliphatic rings. The van der Waals surface area contributed by atoms with Crippen molar-refractivity contribution in [2.75, 3.05) is 6.61 Å². The van der Waals surface area contributed by atoms with Crippen LogP contribution >= 0.6 is 11.6 Å². The standard InChI is InChI=1S/C18H22ClNO2/c1-13(2)22-17-5-3-4-14(10-17)11-20-18(12-21)15-6-8-16(19)9-7-15/h3-10,13,18,20-21H,11-12H2,1-2H3. The number of aliphatic hydroxyl groups excluding tert-OH is 1. The average Bonchev–Trinajstić information content (AvgIpc) is 2.49. The summed E-state index contributed by atoms with van der Waals surface area (Å²) in [5, 5.41) is 13.6. The minimum atomic E-state index is -0.119. The van der Waals surface area contributed by atoms with E-state index in [0.29, 0.717) is 11.6 Å². The molecule has 3 nitrogen and oxygen atoms in total. The quantitative estimate of drug-likeness (QED) is 0.812. The van der Waals surface area contributed by atoms with E-state index in [-0.39, 0.29) is 18.8 Å². The van der Waals surface area contributed by atoms with Crippen LogP contribution in [0.15, 0.2) is 48.5 Å². The molecule has 0 saturated heterocycles. The summed E-state index contributed by atoms with van der Waals surface area (Å²) < 4.78 is 5.69. The van der Waals surface area contributed by atoms with Crippen molar-refractivity contribution in [3.05, 3.63) is 64.7 Å². The van der Waals surface area contributed by atoms with Crippen molar-refractivity contribution in [3.8, 4) is 5.75 Å². The SMILES string of the molecule is CC(C)Oc1cccc(CNC(CO)c2ccc(Cl)cc2)c1. The van der Waals surface area contributed by atoms with Crippen LogP contribution in [0.4, 0.5) is 0 Å². The molecule has 118 valence electrons. The summed E-state index contributed by atoms with van der Waals surface area (Å²) in [6, 6.07) is 15.4. The van der Waals surface area contributed by atoms with Gasteiger partial charge in [0.15, 0.2) is 0 Å². The van der Waals surface area contributed by atoms with Gasteiger partial charge in [0, 0.05) is 11.6 Å². The van der Waals surface area contributed by atoms with Gasteiger partial charge in [-0.25, -0.2) is 0 Å². The number of halogens is 1. The second kappa shape index (κ2) is 8.18. The lowest BCUT2D eigenvalue weighted by Crippen LogP contribution is -2.24. The highest BCUT2D eigenvalue weighted by atomic mass is 35.5. The van der Waals surface area contributed by atoms with Crippen LogP contribution in [0.3, 0.4) is 0 Å². The first kappa shape index (κ1) is 16.8. The van der Waals surface area contributed by atoms with Crippen LogP contribution in [0.5, 0.6) is 5.75 Å². The molecule has 0 aliphatic carbocycles. The molecule has 0 aromatic heterocycles. The molecule has 0 spiro atoms. The second-order valence-corrected chi connectivity index (χ2v) is 5.92. The van der Waals surface area contributed by atoms with E-state index in [4.69, 9.17) is 16.3 Å². The second-order valence-electron chi connectivity index (χ2n) is 5.48. The Hall–Kier alpha value is -1.55. The first-order chi connectivity index (χ1) is 10.6. The third-order valence-electron chi connectivity index (χ3n) is 3.28. The zero-order valence-electron chi connectivity index (χ0n) is 12.9. The summed E-state index contributed by atoms with van der Waals surface area (Å²) in [5.41, 5.74) is 2.13. The van der Waals surface area contributed by atoms with Crippen LogP contribution in [0, 0.1) is 0 Å². The molecular weight excluding hydrogens is 298 g/mol. The van der Waals surface area contributed by atoms with Crippen LogP contribution < -0.4 is 10.1 Å². The molecule has 4 heteroatoms. The summed E-state index contributed by atoms with van der Waals surface area (Å²) in [6.07, 6.45) is 0.155. The largest absolute Gasteiger partial charge is 0.491 e. The molecule has 0 radical (unpaired) electrons. The fourth-order valence-corrected chi connectivity index (χ4v) is 2.35. The van der Waals surface area contributed by atoms with E-state index in [9.17, 15) is 5.11 Å². The number of rotatable bonds is 7. The first-order valence-corrected chi connectivity index (χ1v) is 7.81. The van der Waals surface area contributed by atoms with Gasteiger partial charge in [-0.05, 0) is 49.2 Å². The predicted molar refractivity (Wildman–Crippen MR) is 90.3 cm³/mol. The maximum atomic E-state index is 9.58. The van der Waals surface area contributed by atoms with Gasteiger partial charge in [0.1, 0.15) is 5.75 Å². The van der Waals surface area contributed by atoms with Crippen LogP contribution in [0.1, 0.15) is 31.0 Å². The predicted octanol–water partition coefficient (Wildman–Crippen LogP) is 3.95. The zero-order valence-corrected chi connectivity index (χ0v) is 13.7. The Morgan fingerprint density at radius 2 is 1.86 bits per heavy atom. The van der Waals surface area contributed by atoms with Crippen molar-refractivity contribution in [1.82, 2.24) is 5.32 Å². The van der Waals surface area contributed by atoms with Gasteiger partial charge >= 0.3 is 0 Å². The Balaban J connectivity index is 1.99. The van der Waals surface area contributed by atoms with Crippen molar-refractivity contribution in [2.24, 2.45) is 0 Å². The lowest BCUT2D eigenvalue weighted by Gasteiger charge is -2.17. The van der Waals surface area contributed by atoms with Gasteiger partial charge in [-0.2, -0.15) is 0 Å². The molecule has 2 aromatic rings. The normalized spacial score (nSPS) is 12.4. The third-order valence-corrected chi connectivity index (χ3v) is 3.53. The number of nitrogens with one attached hydrogen (secondary N) is 1. The minimum absolute atomic E-state index is 0.0316. The molecule has 22 heavy (non-hydrogen) atoms. The molecule has 2 aromatic carbocycles. The van der Waals surface area contributed by atoms with Crippen LogP contribution in [-0.2, 0) is 6.54 Å². The van der Waals surface area contributed by atoms with Gasteiger partial charge in [0.25, 0.3) is 0 Å². The van der Waals surface area contributed by atoms with E-state index in [2.05, 4.69) is 5.32 Å². The highest BCUT2D eigenvalue weighted by molar-refractivity contribution is 6.30. The summed E-state index contributed by atoms with van der Waals surface area (Å²) in [4.78, 5) is 0. The van der Waals surface area contributed by atoms with Crippen molar-refractivity contribution in [2.45, 2.75) is 32.5 Å². The topological polar surface area (TPSA) is 41.5 Å². The van der Waals surface area contributed by atoms with Crippen molar-refractivity contribution in [3.63, 3.8) is 0 Å². The Kier molecular flexibility index (Phi) is 6.25. The van der Waals surface area contributed by atoms with Gasteiger partial charge < -0.3 is 15.2 Å². The Bertz CT molecular complexity index is 584. The van der Waals surface area contributed by atoms with Crippen molar-refractivity contribution >= 4 is 11.6 Å². The van der Waals surface area contributed by atoms with Gasteiger partial charge in [-0.3, -0.25) is 0 Å². The molecule has 0 amide bonds. The van der Waals surface area contributed by atoms with Crippen molar-refractivity contribution in [1.29, 1.82) is 0 Å². The third kappa shape index (κ3) is 5.02. The van der Waals surface area contributed by atoms with E-state index >= 15 is 0 Å². The van der Waals surface area contributed by atoms with E-state index < -0.39 is 0 Å². The highest BCUT2D eigenvalue weighted by Gasteiger charge is 2.10. The minimum Gasteiger partial charge on any atom is -0.491 e. The zero-order chi connectivity index (χ0) is 15.9. The maximum Gasteiger partial charge on any atom is 0.120 e. The van der Waals surface area contributed by atoms with E-state index in [0.717, 1.165) is 16.9 Å². The lowest BCUT2D eigenvalue weighted by molar-refractivity contribution is 0.240. The van der Waals surface area contributed by atoms with Gasteiger partial charge in [-0.1, -0.05) is 35.9 Å². The summed E-state index contributed by atoms with van der Waals surface area (Å²) in [6.45, 7) is 4.70. The fourth-order valence-electron chi connectivity index (χ4n) is 2.22. The molecule has 2 rings (SSSR count). The highest BCUT2D eigenvalue weighted by Crippen LogP contribution is 2.18. The number of aliphatic hydroxyl groups is 1. The number of benzene rings is 2. The average molecular weight is 320 g/mol. The van der Waals surface area contributed by atoms with Crippen LogP contribution in [-0.4, -0.2) is 17.8 Å². The van der Waals surface area contributed by atoms with Gasteiger partial charge in [0.05, 0.1) is 18.8 Å². The van der Waals surface area contributed by atoms with E-state index in [1.807, 2.05) is 62.4 Å². The molecule has 1 atom stereocenters. The fraction of sp³-hybridized carbons (Fsp3) is 0.333. The number of hydrogen-bond acceptors (Lipinski definition) is 3. The molecule has 0 aliphatic heterocycles. The molecule has 0 saturated carbocycles. The van der Waals surface area contributed by atoms with Gasteiger partial charge in [0.2, 0.25) is 0 Å². The van der Waals surface area contributed by atoms with E-state index in [1.165, 1.54) is 0 Å². The molecule has 0 fully saturated rings. The Morgan fingerprint density at radius 1 is 1.14 bits per heavy atom. The molecular formula is C18H22ClNO2.